The first-order chi connectivity index (χ1) is 11.7. The van der Waals surface area contributed by atoms with E-state index in [0.717, 1.165) is 34.3 Å². The maximum atomic E-state index is 12.9. The van der Waals surface area contributed by atoms with Crippen LogP contribution in [-0.2, 0) is 4.79 Å². The zero-order valence-corrected chi connectivity index (χ0v) is 17.3. The molecule has 3 aliphatic carbocycles. The zero-order chi connectivity index (χ0) is 16.5. The van der Waals surface area contributed by atoms with Crippen molar-refractivity contribution < 1.29 is 9.69 Å². The van der Waals surface area contributed by atoms with E-state index in [1.54, 1.807) is 4.90 Å². The van der Waals surface area contributed by atoms with Crippen LogP contribution in [0.3, 0.4) is 0 Å². The van der Waals surface area contributed by atoms with E-state index < -0.39 is 0 Å². The summed E-state index contributed by atoms with van der Waals surface area (Å²) in [4.78, 5) is 14.6. The predicted molar refractivity (Wildman–Crippen MR) is 107 cm³/mol. The van der Waals surface area contributed by atoms with Crippen LogP contribution in [0.5, 0.6) is 0 Å². The van der Waals surface area contributed by atoms with Crippen molar-refractivity contribution >= 4 is 28.4 Å². The van der Waals surface area contributed by atoms with Gasteiger partial charge in [-0.2, -0.15) is 0 Å². The Morgan fingerprint density at radius 2 is 1.58 bits per heavy atom. The first-order valence-electron chi connectivity index (χ1n) is 10.7. The van der Waals surface area contributed by atoms with Gasteiger partial charge in [-0.1, -0.05) is 41.9 Å². The van der Waals surface area contributed by atoms with Gasteiger partial charge in [-0.15, -0.1) is 0 Å². The molecule has 3 heteroatoms. The summed E-state index contributed by atoms with van der Waals surface area (Å²) in [5, 5.41) is 0. The SMILES string of the molecule is O=C(C[NH+]1CCCC2C3CCCCC3CCC21)C1CCC(I)CC1. The number of Topliss-reactive ketones (excluding diaryl/α,β-unsaturated/α-hetero) is 1. The lowest BCUT2D eigenvalue weighted by molar-refractivity contribution is -0.929. The average molecular weight is 444 g/mol. The smallest absolute Gasteiger partial charge is 0.189 e. The second-order valence-electron chi connectivity index (χ2n) is 9.20. The standard InChI is InChI=1S/C21H34INO/c22-17-10-7-16(8-11-17)21(24)14-23-13-3-6-19-18-5-2-1-4-15(18)9-12-20(19)23/h15-20H,1-14H2/p+1. The van der Waals surface area contributed by atoms with E-state index in [1.165, 1.54) is 83.6 Å². The molecule has 0 aromatic carbocycles. The number of halogens is 1. The highest BCUT2D eigenvalue weighted by molar-refractivity contribution is 14.1. The lowest BCUT2D eigenvalue weighted by Crippen LogP contribution is -3.18. The van der Waals surface area contributed by atoms with Crippen molar-refractivity contribution in [3.05, 3.63) is 0 Å². The Morgan fingerprint density at radius 3 is 2.42 bits per heavy atom. The summed E-state index contributed by atoms with van der Waals surface area (Å²) in [6, 6.07) is 0.822. The van der Waals surface area contributed by atoms with Crippen molar-refractivity contribution in [1.82, 2.24) is 0 Å². The second kappa shape index (κ2) is 7.94. The molecule has 0 amide bonds. The first-order valence-corrected chi connectivity index (χ1v) is 12.0. The Hall–Kier alpha value is 0.360. The molecule has 4 rings (SSSR count). The summed E-state index contributed by atoms with van der Waals surface area (Å²) in [5.41, 5.74) is 0. The number of nitrogens with one attached hydrogen (secondary N) is 1. The Labute approximate surface area is 161 Å². The van der Waals surface area contributed by atoms with Gasteiger partial charge in [0, 0.05) is 15.8 Å². The van der Waals surface area contributed by atoms with Gasteiger partial charge in [-0.3, -0.25) is 4.79 Å². The Bertz CT molecular complexity index is 445. The van der Waals surface area contributed by atoms with Crippen molar-refractivity contribution in [2.75, 3.05) is 13.1 Å². The predicted octanol–water partition coefficient (Wildman–Crippen LogP) is 3.81. The summed E-state index contributed by atoms with van der Waals surface area (Å²) in [6.45, 7) is 2.13. The number of likely N-dealkylation sites (tertiary alicyclic amines) is 1. The molecule has 3 saturated carbocycles. The van der Waals surface area contributed by atoms with Crippen LogP contribution >= 0.6 is 22.6 Å². The van der Waals surface area contributed by atoms with Crippen LogP contribution < -0.4 is 4.90 Å². The van der Waals surface area contributed by atoms with E-state index in [0.29, 0.717) is 11.7 Å². The molecule has 1 heterocycles. The molecule has 0 bridgehead atoms. The molecule has 5 unspecified atom stereocenters. The van der Waals surface area contributed by atoms with Crippen molar-refractivity contribution in [1.29, 1.82) is 0 Å². The van der Waals surface area contributed by atoms with Gasteiger partial charge in [0.1, 0.15) is 6.54 Å². The molecular weight excluding hydrogens is 409 g/mol. The third-order valence-corrected chi connectivity index (χ3v) is 9.20. The number of alkyl halides is 1. The van der Waals surface area contributed by atoms with E-state index in [2.05, 4.69) is 22.6 Å². The van der Waals surface area contributed by atoms with Gasteiger partial charge in [0.25, 0.3) is 0 Å². The summed E-state index contributed by atoms with van der Waals surface area (Å²) in [5.74, 6) is 4.01. The van der Waals surface area contributed by atoms with Crippen molar-refractivity contribution in [2.45, 2.75) is 87.0 Å². The molecule has 0 aromatic rings. The Balaban J connectivity index is 1.38. The molecule has 0 aromatic heterocycles. The average Bonchev–Trinajstić information content (AvgIpc) is 2.62. The Morgan fingerprint density at radius 1 is 0.833 bits per heavy atom. The van der Waals surface area contributed by atoms with Crippen LogP contribution in [0.1, 0.15) is 77.0 Å². The van der Waals surface area contributed by atoms with Crippen LogP contribution in [0.15, 0.2) is 0 Å². The maximum absolute atomic E-state index is 12.9. The molecule has 5 atom stereocenters. The third kappa shape index (κ3) is 3.72. The second-order valence-corrected chi connectivity index (χ2v) is 11.0. The molecule has 136 valence electrons. The first kappa shape index (κ1) is 17.8. The van der Waals surface area contributed by atoms with Crippen LogP contribution in [-0.4, -0.2) is 28.8 Å². The minimum absolute atomic E-state index is 0.398. The van der Waals surface area contributed by atoms with Gasteiger partial charge in [-0.05, 0) is 69.6 Å². The molecule has 4 aliphatic rings. The number of carbonyl (C=O) groups is 1. The number of carbonyl (C=O) groups excluding carboxylic acids is 1. The molecule has 2 nitrogen and oxygen atoms in total. The Kier molecular flexibility index (Phi) is 5.87. The minimum atomic E-state index is 0.398. The number of fused-ring (bicyclic) bond motifs is 3. The third-order valence-electron chi connectivity index (χ3n) is 7.96. The van der Waals surface area contributed by atoms with Gasteiger partial charge in [-0.25, -0.2) is 0 Å². The molecular formula is C21H35INO+. The highest BCUT2D eigenvalue weighted by Gasteiger charge is 2.46. The van der Waals surface area contributed by atoms with E-state index in [-0.39, 0.29) is 0 Å². The molecule has 1 N–H and O–H groups in total. The van der Waals surface area contributed by atoms with Crippen LogP contribution in [0.4, 0.5) is 0 Å². The number of rotatable bonds is 3. The van der Waals surface area contributed by atoms with Crippen molar-refractivity contribution in [3.8, 4) is 0 Å². The maximum Gasteiger partial charge on any atom is 0.189 e. The molecule has 0 spiro atoms. The number of quaternary nitrogens is 1. The zero-order valence-electron chi connectivity index (χ0n) is 15.1. The fraction of sp³-hybridized carbons (Fsp3) is 0.952. The van der Waals surface area contributed by atoms with Gasteiger partial charge in [0.2, 0.25) is 0 Å². The summed E-state index contributed by atoms with van der Waals surface area (Å²) >= 11 is 2.57. The summed E-state index contributed by atoms with van der Waals surface area (Å²) in [7, 11) is 0. The molecule has 24 heavy (non-hydrogen) atoms. The normalized spacial score (nSPS) is 46.0. The van der Waals surface area contributed by atoms with E-state index >= 15 is 0 Å². The fourth-order valence-corrected chi connectivity index (χ4v) is 7.42. The van der Waals surface area contributed by atoms with Gasteiger partial charge in [0.15, 0.2) is 5.78 Å². The fourth-order valence-electron chi connectivity index (χ4n) is 6.70. The monoisotopic (exact) mass is 444 g/mol. The van der Waals surface area contributed by atoms with Crippen LogP contribution in [0.2, 0.25) is 0 Å². The number of hydrogen-bond donors (Lipinski definition) is 1. The number of ketones is 1. The minimum Gasteiger partial charge on any atom is -0.326 e. The lowest BCUT2D eigenvalue weighted by atomic mass is 9.61. The van der Waals surface area contributed by atoms with E-state index in [1.807, 2.05) is 0 Å². The van der Waals surface area contributed by atoms with E-state index in [9.17, 15) is 4.79 Å². The van der Waals surface area contributed by atoms with E-state index in [4.69, 9.17) is 0 Å². The number of hydrogen-bond acceptors (Lipinski definition) is 1. The van der Waals surface area contributed by atoms with Crippen LogP contribution in [0, 0.1) is 23.7 Å². The summed E-state index contributed by atoms with van der Waals surface area (Å²) < 4.78 is 0.819. The highest BCUT2D eigenvalue weighted by Crippen LogP contribution is 2.45. The highest BCUT2D eigenvalue weighted by atomic mass is 127. The topological polar surface area (TPSA) is 21.5 Å². The van der Waals surface area contributed by atoms with Crippen molar-refractivity contribution in [2.24, 2.45) is 23.7 Å². The lowest BCUT2D eigenvalue weighted by Gasteiger charge is -2.50. The molecule has 1 saturated heterocycles. The van der Waals surface area contributed by atoms with Gasteiger partial charge in [0.05, 0.1) is 12.6 Å². The number of piperidine rings is 1. The van der Waals surface area contributed by atoms with Crippen molar-refractivity contribution in [3.63, 3.8) is 0 Å². The quantitative estimate of drug-likeness (QED) is 0.519. The molecule has 0 radical (unpaired) electrons. The largest absolute Gasteiger partial charge is 0.326 e. The molecule has 1 aliphatic heterocycles. The van der Waals surface area contributed by atoms with Gasteiger partial charge < -0.3 is 4.90 Å². The van der Waals surface area contributed by atoms with Gasteiger partial charge >= 0.3 is 0 Å². The summed E-state index contributed by atoms with van der Waals surface area (Å²) in [6.07, 6.45) is 16.5. The van der Waals surface area contributed by atoms with Crippen LogP contribution in [0.25, 0.3) is 0 Å². The molecule has 4 fully saturated rings.